The molecule has 0 atom stereocenters. The number of hydrogen-bond donors (Lipinski definition) is 0. The largest absolute Gasteiger partial charge is 0.422 e. The van der Waals surface area contributed by atoms with Gasteiger partial charge < -0.3 is 0 Å². The Morgan fingerprint density at radius 3 is 2.12 bits per heavy atom. The first-order valence-corrected chi connectivity index (χ1v) is 9.54. The highest BCUT2D eigenvalue weighted by Crippen LogP contribution is 2.40. The van der Waals surface area contributed by atoms with Gasteiger partial charge in [0.1, 0.15) is 17.2 Å². The standard InChI is InChI=1S/C21H27F5/c1-2-3-4-5-6-7-8-15-9-11-16(12-10-15)17-13-18(22)20(19(23)14-17)21(24,25)26/h3-4,13-16H,2,5-12H2,1H3/b4-3+. The number of halogens is 5. The summed E-state index contributed by atoms with van der Waals surface area (Å²) < 4.78 is 65.5. The summed E-state index contributed by atoms with van der Waals surface area (Å²) in [6.07, 6.45) is 8.56. The molecular formula is C21H27F5. The highest BCUT2D eigenvalue weighted by atomic mass is 19.4. The lowest BCUT2D eigenvalue weighted by atomic mass is 9.77. The Hall–Kier alpha value is -1.39. The van der Waals surface area contributed by atoms with Gasteiger partial charge >= 0.3 is 6.18 Å². The van der Waals surface area contributed by atoms with Crippen LogP contribution in [0.1, 0.15) is 81.8 Å². The van der Waals surface area contributed by atoms with Crippen LogP contribution in [0.4, 0.5) is 22.0 Å². The summed E-state index contributed by atoms with van der Waals surface area (Å²) in [4.78, 5) is 0. The van der Waals surface area contributed by atoms with Gasteiger partial charge in [0.15, 0.2) is 0 Å². The second kappa shape index (κ2) is 9.52. The maximum atomic E-state index is 13.8. The van der Waals surface area contributed by atoms with Crippen molar-refractivity contribution in [1.29, 1.82) is 0 Å². The molecule has 1 saturated carbocycles. The van der Waals surface area contributed by atoms with Crippen molar-refractivity contribution in [3.63, 3.8) is 0 Å². The summed E-state index contributed by atoms with van der Waals surface area (Å²) in [5, 5.41) is 0. The van der Waals surface area contributed by atoms with E-state index >= 15 is 0 Å². The van der Waals surface area contributed by atoms with Crippen LogP contribution >= 0.6 is 0 Å². The highest BCUT2D eigenvalue weighted by Gasteiger charge is 2.38. The molecule has 1 aliphatic carbocycles. The average Bonchev–Trinajstić information content (AvgIpc) is 2.56. The van der Waals surface area contributed by atoms with E-state index in [9.17, 15) is 22.0 Å². The molecule has 1 fully saturated rings. The number of alkyl halides is 3. The predicted molar refractivity (Wildman–Crippen MR) is 94.0 cm³/mol. The number of hydrogen-bond acceptors (Lipinski definition) is 0. The van der Waals surface area contributed by atoms with E-state index in [-0.39, 0.29) is 5.92 Å². The molecule has 1 aromatic carbocycles. The van der Waals surface area contributed by atoms with Crippen LogP contribution in [0.15, 0.2) is 24.3 Å². The molecule has 0 aliphatic heterocycles. The van der Waals surface area contributed by atoms with Crippen LogP contribution in [0, 0.1) is 17.6 Å². The molecule has 0 heterocycles. The van der Waals surface area contributed by atoms with Crippen molar-refractivity contribution < 1.29 is 22.0 Å². The van der Waals surface area contributed by atoms with Crippen molar-refractivity contribution >= 4 is 0 Å². The molecule has 0 nitrogen and oxygen atoms in total. The number of unbranched alkanes of at least 4 members (excludes halogenated alkanes) is 2. The summed E-state index contributed by atoms with van der Waals surface area (Å²) in [7, 11) is 0. The average molecular weight is 374 g/mol. The molecule has 0 N–H and O–H groups in total. The predicted octanol–water partition coefficient (Wildman–Crippen LogP) is 7.78. The maximum absolute atomic E-state index is 13.8. The normalized spacial score (nSPS) is 21.5. The molecule has 0 radical (unpaired) electrons. The van der Waals surface area contributed by atoms with E-state index < -0.39 is 23.4 Å². The zero-order chi connectivity index (χ0) is 19.2. The van der Waals surface area contributed by atoms with Gasteiger partial charge in [0, 0.05) is 0 Å². The van der Waals surface area contributed by atoms with Crippen LogP contribution in [-0.2, 0) is 6.18 Å². The second-order valence-corrected chi connectivity index (χ2v) is 7.24. The fourth-order valence-corrected chi connectivity index (χ4v) is 3.86. The molecule has 0 amide bonds. The summed E-state index contributed by atoms with van der Waals surface area (Å²) in [6, 6.07) is 1.74. The smallest absolute Gasteiger partial charge is 0.206 e. The van der Waals surface area contributed by atoms with E-state index in [2.05, 4.69) is 19.1 Å². The van der Waals surface area contributed by atoms with E-state index in [1.165, 1.54) is 12.8 Å². The Morgan fingerprint density at radius 1 is 0.962 bits per heavy atom. The molecule has 0 aromatic heterocycles. The van der Waals surface area contributed by atoms with Gasteiger partial charge in [0.2, 0.25) is 0 Å². The summed E-state index contributed by atoms with van der Waals surface area (Å²) in [6.45, 7) is 2.11. The molecule has 0 spiro atoms. The Kier molecular flexibility index (Phi) is 7.66. The second-order valence-electron chi connectivity index (χ2n) is 7.24. The third kappa shape index (κ3) is 5.82. The molecule has 1 aliphatic rings. The van der Waals surface area contributed by atoms with E-state index in [0.717, 1.165) is 57.1 Å². The van der Waals surface area contributed by atoms with Crippen molar-refractivity contribution in [2.45, 2.75) is 76.8 Å². The van der Waals surface area contributed by atoms with Gasteiger partial charge in [-0.05, 0) is 74.5 Å². The molecule has 0 saturated heterocycles. The molecule has 146 valence electrons. The lowest BCUT2D eigenvalue weighted by Gasteiger charge is -2.29. The van der Waals surface area contributed by atoms with Crippen LogP contribution in [0.5, 0.6) is 0 Å². The monoisotopic (exact) mass is 374 g/mol. The molecule has 5 heteroatoms. The van der Waals surface area contributed by atoms with E-state index in [1.54, 1.807) is 0 Å². The zero-order valence-electron chi connectivity index (χ0n) is 15.2. The molecule has 0 bridgehead atoms. The third-order valence-corrected chi connectivity index (χ3v) is 5.30. The van der Waals surface area contributed by atoms with Crippen molar-refractivity contribution in [2.75, 3.05) is 0 Å². The van der Waals surface area contributed by atoms with Crippen molar-refractivity contribution in [3.05, 3.63) is 47.0 Å². The van der Waals surface area contributed by atoms with Crippen LogP contribution in [0.3, 0.4) is 0 Å². The minimum Gasteiger partial charge on any atom is -0.206 e. The van der Waals surface area contributed by atoms with Gasteiger partial charge in [-0.3, -0.25) is 0 Å². The van der Waals surface area contributed by atoms with Crippen LogP contribution in [0.25, 0.3) is 0 Å². The summed E-state index contributed by atoms with van der Waals surface area (Å²) in [5.74, 6) is -2.44. The molecule has 26 heavy (non-hydrogen) atoms. The Bertz CT molecular complexity index is 572. The highest BCUT2D eigenvalue weighted by molar-refractivity contribution is 5.30. The van der Waals surface area contributed by atoms with Gasteiger partial charge in [-0.2, -0.15) is 13.2 Å². The quantitative estimate of drug-likeness (QED) is 0.260. The molecule has 0 unspecified atom stereocenters. The zero-order valence-corrected chi connectivity index (χ0v) is 15.2. The number of benzene rings is 1. The summed E-state index contributed by atoms with van der Waals surface area (Å²) in [5.41, 5.74) is -1.43. The van der Waals surface area contributed by atoms with Crippen LogP contribution < -0.4 is 0 Å². The van der Waals surface area contributed by atoms with Gasteiger partial charge in [-0.1, -0.05) is 31.9 Å². The summed E-state index contributed by atoms with van der Waals surface area (Å²) >= 11 is 0. The fourth-order valence-electron chi connectivity index (χ4n) is 3.86. The third-order valence-electron chi connectivity index (χ3n) is 5.30. The minimum absolute atomic E-state index is 0.0509. The van der Waals surface area contributed by atoms with Crippen LogP contribution in [0.2, 0.25) is 0 Å². The number of rotatable bonds is 7. The number of allylic oxidation sites excluding steroid dienone is 2. The molecular weight excluding hydrogens is 347 g/mol. The SMILES string of the molecule is CC/C=C/CCCCC1CCC(c2cc(F)c(C(F)(F)F)c(F)c2)CC1. The van der Waals surface area contributed by atoms with Crippen molar-refractivity contribution in [1.82, 2.24) is 0 Å². The van der Waals surface area contributed by atoms with Gasteiger partial charge in [-0.15, -0.1) is 0 Å². The Labute approximate surface area is 152 Å². The van der Waals surface area contributed by atoms with Crippen LogP contribution in [-0.4, -0.2) is 0 Å². The van der Waals surface area contributed by atoms with E-state index in [1.807, 2.05) is 0 Å². The molecule has 1 aromatic rings. The lowest BCUT2D eigenvalue weighted by molar-refractivity contribution is -0.142. The Balaban J connectivity index is 1.85. The van der Waals surface area contributed by atoms with Gasteiger partial charge in [0.05, 0.1) is 0 Å². The topological polar surface area (TPSA) is 0 Å². The van der Waals surface area contributed by atoms with Gasteiger partial charge in [-0.25, -0.2) is 8.78 Å². The minimum atomic E-state index is -5.00. The van der Waals surface area contributed by atoms with Gasteiger partial charge in [0.25, 0.3) is 0 Å². The van der Waals surface area contributed by atoms with E-state index in [4.69, 9.17) is 0 Å². The van der Waals surface area contributed by atoms with Crippen molar-refractivity contribution in [3.8, 4) is 0 Å². The lowest BCUT2D eigenvalue weighted by Crippen LogP contribution is -2.16. The first-order chi connectivity index (χ1) is 12.3. The van der Waals surface area contributed by atoms with E-state index in [0.29, 0.717) is 11.5 Å². The first kappa shape index (κ1) is 20.9. The molecule has 2 rings (SSSR count). The first-order valence-electron chi connectivity index (χ1n) is 9.54. The van der Waals surface area contributed by atoms with Crippen molar-refractivity contribution in [2.24, 2.45) is 5.92 Å². The maximum Gasteiger partial charge on any atom is 0.422 e. The fraction of sp³-hybridized carbons (Fsp3) is 0.619. The Morgan fingerprint density at radius 2 is 1.58 bits per heavy atom.